The van der Waals surface area contributed by atoms with Crippen molar-refractivity contribution in [2.75, 3.05) is 38.7 Å². The van der Waals surface area contributed by atoms with Gasteiger partial charge in [0.15, 0.2) is 0 Å². The molecule has 0 saturated carbocycles. The summed E-state index contributed by atoms with van der Waals surface area (Å²) in [6.45, 7) is 2.92. The van der Waals surface area contributed by atoms with Gasteiger partial charge in [-0.25, -0.2) is 4.79 Å². The highest BCUT2D eigenvalue weighted by Crippen LogP contribution is 2.26. The number of nitrogens with one attached hydrogen (secondary N) is 1. The fourth-order valence-corrected chi connectivity index (χ4v) is 3.07. The van der Waals surface area contributed by atoms with E-state index in [4.69, 9.17) is 9.47 Å². The van der Waals surface area contributed by atoms with Crippen molar-refractivity contribution in [3.05, 3.63) is 11.8 Å². The van der Waals surface area contributed by atoms with Crippen molar-refractivity contribution in [3.63, 3.8) is 0 Å². The first-order valence-corrected chi connectivity index (χ1v) is 7.87. The summed E-state index contributed by atoms with van der Waals surface area (Å²) in [4.78, 5) is 14.1. The Balaban J connectivity index is 1.62. The van der Waals surface area contributed by atoms with Gasteiger partial charge in [-0.1, -0.05) is 0 Å². The van der Waals surface area contributed by atoms with Gasteiger partial charge in [0.2, 0.25) is 0 Å². The third-order valence-electron chi connectivity index (χ3n) is 4.48. The summed E-state index contributed by atoms with van der Waals surface area (Å²) in [5, 5.41) is 7.47. The molecule has 3 rings (SSSR count). The zero-order valence-corrected chi connectivity index (χ0v) is 13.2. The third kappa shape index (κ3) is 3.25. The summed E-state index contributed by atoms with van der Waals surface area (Å²) >= 11 is 0. The van der Waals surface area contributed by atoms with Gasteiger partial charge in [0.05, 0.1) is 18.4 Å². The van der Waals surface area contributed by atoms with Crippen LogP contribution in [0.2, 0.25) is 0 Å². The van der Waals surface area contributed by atoms with Gasteiger partial charge in [-0.15, -0.1) is 0 Å². The highest BCUT2D eigenvalue weighted by Gasteiger charge is 2.27. The smallest absolute Gasteiger partial charge is 0.323 e. The van der Waals surface area contributed by atoms with E-state index in [2.05, 4.69) is 10.4 Å². The van der Waals surface area contributed by atoms with E-state index in [-0.39, 0.29) is 12.1 Å². The maximum Gasteiger partial charge on any atom is 0.323 e. The zero-order chi connectivity index (χ0) is 15.5. The molecule has 22 heavy (non-hydrogen) atoms. The Morgan fingerprint density at radius 3 is 3.05 bits per heavy atom. The monoisotopic (exact) mass is 308 g/mol. The van der Waals surface area contributed by atoms with E-state index in [1.165, 1.54) is 0 Å². The number of aromatic nitrogens is 2. The summed E-state index contributed by atoms with van der Waals surface area (Å²) in [5.41, 5.74) is 0.994. The minimum absolute atomic E-state index is 0.0889. The molecule has 0 bridgehead atoms. The molecule has 1 aromatic heterocycles. The minimum Gasteiger partial charge on any atom is -0.381 e. The van der Waals surface area contributed by atoms with Crippen LogP contribution < -0.4 is 5.32 Å². The lowest BCUT2D eigenvalue weighted by Gasteiger charge is -2.19. The Morgan fingerprint density at radius 2 is 2.36 bits per heavy atom. The maximum atomic E-state index is 12.3. The Kier molecular flexibility index (Phi) is 4.63. The van der Waals surface area contributed by atoms with Gasteiger partial charge in [0, 0.05) is 45.8 Å². The summed E-state index contributed by atoms with van der Waals surface area (Å²) < 4.78 is 12.5. The van der Waals surface area contributed by atoms with Gasteiger partial charge >= 0.3 is 6.03 Å². The normalized spacial score (nSPS) is 25.5. The lowest BCUT2D eigenvalue weighted by atomic mass is 9.99. The van der Waals surface area contributed by atoms with Crippen LogP contribution in [0, 0.1) is 0 Å². The Morgan fingerprint density at radius 1 is 1.50 bits per heavy atom. The Labute approximate surface area is 130 Å². The van der Waals surface area contributed by atoms with E-state index in [1.54, 1.807) is 16.7 Å². The molecule has 2 amide bonds. The van der Waals surface area contributed by atoms with E-state index >= 15 is 0 Å². The second-order valence-corrected chi connectivity index (χ2v) is 6.01. The number of ether oxygens (including phenoxy) is 2. The molecule has 2 saturated heterocycles. The van der Waals surface area contributed by atoms with Crippen molar-refractivity contribution < 1.29 is 14.3 Å². The van der Waals surface area contributed by atoms with Crippen LogP contribution in [0.5, 0.6) is 0 Å². The molecule has 2 atom stereocenters. The number of nitrogens with zero attached hydrogens (tertiary/aromatic N) is 3. The van der Waals surface area contributed by atoms with Crippen LogP contribution in [0.15, 0.2) is 6.07 Å². The summed E-state index contributed by atoms with van der Waals surface area (Å²) in [7, 11) is 3.54. The quantitative estimate of drug-likeness (QED) is 0.920. The number of aryl methyl sites for hydroxylation is 1. The first-order valence-electron chi connectivity index (χ1n) is 7.87. The number of likely N-dealkylation sites (tertiary alicyclic amines) is 1. The summed E-state index contributed by atoms with van der Waals surface area (Å²) in [6.07, 6.45) is 3.19. The average Bonchev–Trinajstić information content (AvgIpc) is 3.15. The van der Waals surface area contributed by atoms with Crippen molar-refractivity contribution in [1.82, 2.24) is 14.7 Å². The van der Waals surface area contributed by atoms with Gasteiger partial charge in [0.1, 0.15) is 5.82 Å². The molecule has 0 aromatic carbocycles. The molecule has 0 aliphatic carbocycles. The van der Waals surface area contributed by atoms with Crippen LogP contribution in [-0.2, 0) is 16.5 Å². The van der Waals surface area contributed by atoms with Crippen LogP contribution in [0.4, 0.5) is 10.6 Å². The number of carbonyl (C=O) groups excluding carboxylic acids is 1. The third-order valence-corrected chi connectivity index (χ3v) is 4.48. The maximum absolute atomic E-state index is 12.3. The van der Waals surface area contributed by atoms with Crippen molar-refractivity contribution in [2.24, 2.45) is 7.05 Å². The number of hydrogen-bond acceptors (Lipinski definition) is 4. The van der Waals surface area contributed by atoms with Crippen molar-refractivity contribution >= 4 is 11.8 Å². The highest BCUT2D eigenvalue weighted by atomic mass is 16.5. The molecule has 1 aromatic rings. The SMILES string of the molecule is CO[C@H]1CCN(C(=O)Nc2cc(C3CCCOC3)nn2C)C1. The first-order chi connectivity index (χ1) is 10.7. The van der Waals surface area contributed by atoms with Crippen LogP contribution >= 0.6 is 0 Å². The van der Waals surface area contributed by atoms with Gasteiger partial charge in [-0.05, 0) is 19.3 Å². The number of hydrogen-bond donors (Lipinski definition) is 1. The number of carbonyl (C=O) groups is 1. The van der Waals surface area contributed by atoms with Crippen molar-refractivity contribution in [1.29, 1.82) is 0 Å². The average molecular weight is 308 g/mol. The topological polar surface area (TPSA) is 68.6 Å². The number of rotatable bonds is 3. The van der Waals surface area contributed by atoms with Crippen molar-refractivity contribution in [2.45, 2.75) is 31.3 Å². The van der Waals surface area contributed by atoms with Gasteiger partial charge in [0.25, 0.3) is 0 Å². The molecule has 2 aliphatic heterocycles. The lowest BCUT2D eigenvalue weighted by Crippen LogP contribution is -2.34. The predicted octanol–water partition coefficient (Wildman–Crippen LogP) is 1.57. The van der Waals surface area contributed by atoms with Crippen LogP contribution in [-0.4, -0.2) is 60.2 Å². The number of urea groups is 1. The lowest BCUT2D eigenvalue weighted by molar-refractivity contribution is 0.0791. The number of methoxy groups -OCH3 is 1. The summed E-state index contributed by atoms with van der Waals surface area (Å²) in [5.74, 6) is 1.06. The van der Waals surface area contributed by atoms with Crippen LogP contribution in [0.25, 0.3) is 0 Å². The predicted molar refractivity (Wildman–Crippen MR) is 82.0 cm³/mol. The van der Waals surface area contributed by atoms with Crippen LogP contribution in [0.1, 0.15) is 30.9 Å². The second kappa shape index (κ2) is 6.66. The minimum atomic E-state index is -0.0889. The molecule has 1 unspecified atom stereocenters. The largest absolute Gasteiger partial charge is 0.381 e. The Bertz CT molecular complexity index is 525. The molecular formula is C15H24N4O3. The summed E-state index contributed by atoms with van der Waals surface area (Å²) in [6, 6.07) is 1.87. The van der Waals surface area contributed by atoms with E-state index in [0.717, 1.165) is 43.9 Å². The van der Waals surface area contributed by atoms with Gasteiger partial charge in [-0.3, -0.25) is 10.00 Å². The molecule has 2 fully saturated rings. The molecule has 0 radical (unpaired) electrons. The Hall–Kier alpha value is -1.60. The standard InChI is InChI=1S/C15H24N4O3/c1-18-14(8-13(17-18)11-4-3-7-22-10-11)16-15(20)19-6-5-12(9-19)21-2/h8,11-12H,3-7,9-10H2,1-2H3,(H,16,20)/t11?,12-/m0/s1. The molecule has 3 heterocycles. The first kappa shape index (κ1) is 15.3. The van der Waals surface area contributed by atoms with Crippen molar-refractivity contribution in [3.8, 4) is 0 Å². The van der Waals surface area contributed by atoms with Crippen LogP contribution in [0.3, 0.4) is 0 Å². The highest BCUT2D eigenvalue weighted by molar-refractivity contribution is 5.88. The molecule has 7 nitrogen and oxygen atoms in total. The molecule has 1 N–H and O–H groups in total. The molecule has 122 valence electrons. The zero-order valence-electron chi connectivity index (χ0n) is 13.2. The van der Waals surface area contributed by atoms with E-state index in [9.17, 15) is 4.79 Å². The fraction of sp³-hybridized carbons (Fsp3) is 0.733. The van der Waals surface area contributed by atoms with Gasteiger partial charge in [-0.2, -0.15) is 5.10 Å². The number of amides is 2. The van der Waals surface area contributed by atoms with E-state index in [0.29, 0.717) is 19.1 Å². The van der Waals surface area contributed by atoms with E-state index < -0.39 is 0 Å². The van der Waals surface area contributed by atoms with E-state index in [1.807, 2.05) is 13.1 Å². The number of anilines is 1. The molecular weight excluding hydrogens is 284 g/mol. The molecule has 2 aliphatic rings. The molecule has 0 spiro atoms. The van der Waals surface area contributed by atoms with Gasteiger partial charge < -0.3 is 14.4 Å². The second-order valence-electron chi connectivity index (χ2n) is 6.01. The molecule has 7 heteroatoms. The fourth-order valence-electron chi connectivity index (χ4n) is 3.07.